The number of sulfonamides is 1. The lowest BCUT2D eigenvalue weighted by atomic mass is 9.87. The summed E-state index contributed by atoms with van der Waals surface area (Å²) in [7, 11) is -1.37. The van der Waals surface area contributed by atoms with E-state index in [1.54, 1.807) is 7.05 Å². The van der Waals surface area contributed by atoms with Crippen molar-refractivity contribution in [2.24, 2.45) is 10.4 Å². The van der Waals surface area contributed by atoms with Crippen LogP contribution < -0.4 is 10.0 Å². The van der Waals surface area contributed by atoms with Crippen LogP contribution in [0.5, 0.6) is 0 Å². The second kappa shape index (κ2) is 7.93. The maximum absolute atomic E-state index is 11.0. The summed E-state index contributed by atoms with van der Waals surface area (Å²) in [5.41, 5.74) is 0.294. The van der Waals surface area contributed by atoms with Crippen LogP contribution in [0.1, 0.15) is 12.8 Å². The molecule has 124 valence electrons. The molecule has 7 nitrogen and oxygen atoms in total. The molecule has 1 atom stereocenters. The highest BCUT2D eigenvalue weighted by Gasteiger charge is 2.42. The normalized spacial score (nSPS) is 26.2. The van der Waals surface area contributed by atoms with E-state index >= 15 is 0 Å². The fourth-order valence-corrected chi connectivity index (χ4v) is 3.30. The molecule has 0 aliphatic carbocycles. The molecular weight excluding hydrogens is 407 g/mol. The number of rotatable bonds is 4. The number of nitrogens with one attached hydrogen (secondary N) is 2. The zero-order chi connectivity index (χ0) is 14.6. The number of hydrogen-bond acceptors (Lipinski definition) is 4. The summed E-state index contributed by atoms with van der Waals surface area (Å²) in [5.74, 6) is 0.837. The highest BCUT2D eigenvalue weighted by atomic mass is 127. The smallest absolute Gasteiger partial charge is 0.208 e. The van der Waals surface area contributed by atoms with Crippen LogP contribution in [0.25, 0.3) is 0 Å². The maximum atomic E-state index is 11.0. The van der Waals surface area contributed by atoms with Crippen LogP contribution in [0.3, 0.4) is 0 Å². The van der Waals surface area contributed by atoms with Gasteiger partial charge in [-0.05, 0) is 12.8 Å². The van der Waals surface area contributed by atoms with Crippen molar-refractivity contribution in [3.63, 3.8) is 0 Å². The van der Waals surface area contributed by atoms with Gasteiger partial charge < -0.3 is 15.0 Å². The summed E-state index contributed by atoms with van der Waals surface area (Å²) in [6, 6.07) is 0. The molecule has 1 spiro atoms. The van der Waals surface area contributed by atoms with Crippen molar-refractivity contribution in [2.75, 3.05) is 52.7 Å². The van der Waals surface area contributed by atoms with E-state index in [-0.39, 0.29) is 24.0 Å². The zero-order valence-electron chi connectivity index (χ0n) is 12.6. The second-order valence-electron chi connectivity index (χ2n) is 5.61. The lowest BCUT2D eigenvalue weighted by Crippen LogP contribution is -2.44. The van der Waals surface area contributed by atoms with Crippen molar-refractivity contribution in [3.05, 3.63) is 0 Å². The maximum Gasteiger partial charge on any atom is 0.208 e. The fraction of sp³-hybridized carbons (Fsp3) is 0.917. The van der Waals surface area contributed by atoms with Crippen LogP contribution in [-0.4, -0.2) is 72.0 Å². The first-order valence-electron chi connectivity index (χ1n) is 6.92. The summed E-state index contributed by atoms with van der Waals surface area (Å²) < 4.78 is 29.9. The van der Waals surface area contributed by atoms with Gasteiger partial charge in [0.25, 0.3) is 0 Å². The summed E-state index contributed by atoms with van der Waals surface area (Å²) in [5, 5.41) is 3.20. The minimum atomic E-state index is -3.13. The molecule has 0 aromatic heterocycles. The Balaban J connectivity index is 0.00000220. The van der Waals surface area contributed by atoms with E-state index in [1.165, 1.54) is 0 Å². The monoisotopic (exact) mass is 432 g/mol. The number of ether oxygens (including phenoxy) is 1. The van der Waals surface area contributed by atoms with Crippen molar-refractivity contribution in [3.8, 4) is 0 Å². The van der Waals surface area contributed by atoms with Crippen molar-refractivity contribution < 1.29 is 13.2 Å². The zero-order valence-corrected chi connectivity index (χ0v) is 15.7. The van der Waals surface area contributed by atoms with Gasteiger partial charge >= 0.3 is 0 Å². The van der Waals surface area contributed by atoms with Gasteiger partial charge in [-0.15, -0.1) is 24.0 Å². The molecule has 0 amide bonds. The molecule has 2 heterocycles. The molecule has 9 heteroatoms. The Hall–Kier alpha value is -0.130. The lowest BCUT2D eigenvalue weighted by molar-refractivity contribution is 0.156. The third-order valence-corrected chi connectivity index (χ3v) is 4.64. The Bertz CT molecular complexity index is 463. The third kappa shape index (κ3) is 5.53. The molecule has 2 rings (SSSR count). The Morgan fingerprint density at radius 2 is 2.14 bits per heavy atom. The molecule has 0 aromatic rings. The molecule has 2 N–H and O–H groups in total. The van der Waals surface area contributed by atoms with Crippen molar-refractivity contribution >= 4 is 40.0 Å². The van der Waals surface area contributed by atoms with Crippen LogP contribution >= 0.6 is 24.0 Å². The van der Waals surface area contributed by atoms with Crippen LogP contribution in [0.2, 0.25) is 0 Å². The van der Waals surface area contributed by atoms with Gasteiger partial charge in [0.05, 0.1) is 12.9 Å². The van der Waals surface area contributed by atoms with Gasteiger partial charge in [0.15, 0.2) is 5.96 Å². The van der Waals surface area contributed by atoms with Gasteiger partial charge in [0, 0.05) is 45.2 Å². The van der Waals surface area contributed by atoms with Crippen LogP contribution in [0.4, 0.5) is 0 Å². The topological polar surface area (TPSA) is 83.0 Å². The largest absolute Gasteiger partial charge is 0.381 e. The van der Waals surface area contributed by atoms with Gasteiger partial charge in [0.1, 0.15) is 0 Å². The quantitative estimate of drug-likeness (QED) is 0.279. The SMILES string of the molecule is CN=C(NCCNS(C)(=O)=O)N1CCC2(CCOC2)C1.I. The number of aliphatic imine (C=N–C) groups is 1. The number of hydrogen-bond donors (Lipinski definition) is 2. The van der Waals surface area contributed by atoms with Gasteiger partial charge in [-0.3, -0.25) is 4.99 Å². The molecule has 2 saturated heterocycles. The van der Waals surface area contributed by atoms with Crippen LogP contribution in [0, 0.1) is 5.41 Å². The summed E-state index contributed by atoms with van der Waals surface area (Å²) in [6.07, 6.45) is 3.41. The van der Waals surface area contributed by atoms with E-state index in [2.05, 4.69) is 19.9 Å². The molecular formula is C12H25IN4O3S. The minimum absolute atomic E-state index is 0. The highest BCUT2D eigenvalue weighted by Crippen LogP contribution is 2.37. The van der Waals surface area contributed by atoms with Gasteiger partial charge in [-0.2, -0.15) is 0 Å². The van der Waals surface area contributed by atoms with Gasteiger partial charge in [-0.1, -0.05) is 0 Å². The molecule has 2 aliphatic heterocycles. The van der Waals surface area contributed by atoms with Crippen molar-refractivity contribution in [1.29, 1.82) is 0 Å². The van der Waals surface area contributed by atoms with E-state index < -0.39 is 10.0 Å². The highest BCUT2D eigenvalue weighted by molar-refractivity contribution is 14.0. The lowest BCUT2D eigenvalue weighted by Gasteiger charge is -2.24. The predicted molar refractivity (Wildman–Crippen MR) is 93.7 cm³/mol. The number of likely N-dealkylation sites (tertiary alicyclic amines) is 1. The summed E-state index contributed by atoms with van der Waals surface area (Å²) in [4.78, 5) is 6.50. The van der Waals surface area contributed by atoms with E-state index in [0.29, 0.717) is 18.5 Å². The van der Waals surface area contributed by atoms with Crippen LogP contribution in [0.15, 0.2) is 4.99 Å². The van der Waals surface area contributed by atoms with Crippen LogP contribution in [-0.2, 0) is 14.8 Å². The van der Waals surface area contributed by atoms with E-state index in [9.17, 15) is 8.42 Å². The van der Waals surface area contributed by atoms with E-state index in [4.69, 9.17) is 4.74 Å². The average Bonchev–Trinajstić information content (AvgIpc) is 2.99. The summed E-state index contributed by atoms with van der Waals surface area (Å²) in [6.45, 7) is 4.53. The standard InChI is InChI=1S/C12H24N4O3S.HI/c1-13-11(14-5-6-15-20(2,17)18)16-7-3-12(9-16)4-8-19-10-12;/h15H,3-10H2,1-2H3,(H,13,14);1H. The fourth-order valence-electron chi connectivity index (χ4n) is 2.83. The molecule has 0 saturated carbocycles. The molecule has 2 aliphatic rings. The van der Waals surface area contributed by atoms with E-state index in [0.717, 1.165) is 51.4 Å². The first-order valence-corrected chi connectivity index (χ1v) is 8.81. The van der Waals surface area contributed by atoms with Gasteiger partial charge in [-0.25, -0.2) is 13.1 Å². The number of guanidine groups is 1. The Kier molecular flexibility index (Phi) is 7.14. The molecule has 0 bridgehead atoms. The summed E-state index contributed by atoms with van der Waals surface area (Å²) >= 11 is 0. The minimum Gasteiger partial charge on any atom is -0.381 e. The Morgan fingerprint density at radius 1 is 1.38 bits per heavy atom. The van der Waals surface area contributed by atoms with Crippen molar-refractivity contribution in [2.45, 2.75) is 12.8 Å². The van der Waals surface area contributed by atoms with E-state index in [1.807, 2.05) is 0 Å². The predicted octanol–water partition coefficient (Wildman–Crippen LogP) is -0.159. The second-order valence-corrected chi connectivity index (χ2v) is 7.45. The molecule has 21 heavy (non-hydrogen) atoms. The third-order valence-electron chi connectivity index (χ3n) is 3.91. The van der Waals surface area contributed by atoms with Gasteiger partial charge in [0.2, 0.25) is 10.0 Å². The average molecular weight is 432 g/mol. The molecule has 1 unspecified atom stereocenters. The molecule has 0 radical (unpaired) electrons. The number of halogens is 1. The first-order chi connectivity index (χ1) is 9.44. The first kappa shape index (κ1) is 18.9. The Labute approximate surface area is 144 Å². The number of nitrogens with zero attached hydrogens (tertiary/aromatic N) is 2. The Morgan fingerprint density at radius 3 is 2.71 bits per heavy atom. The molecule has 0 aromatic carbocycles. The molecule has 2 fully saturated rings. The van der Waals surface area contributed by atoms with Crippen molar-refractivity contribution in [1.82, 2.24) is 14.9 Å².